The highest BCUT2D eigenvalue weighted by Gasteiger charge is 2.11. The Kier molecular flexibility index (Phi) is 3.52. The van der Waals surface area contributed by atoms with Crippen LogP contribution in [0.4, 0.5) is 5.95 Å². The molecule has 94 valence electrons. The van der Waals surface area contributed by atoms with Gasteiger partial charge in [0.05, 0.1) is 17.7 Å². The first-order valence-corrected chi connectivity index (χ1v) is 6.12. The second-order valence-electron chi connectivity index (χ2n) is 3.76. The lowest BCUT2D eigenvalue weighted by Crippen LogP contribution is -2.20. The van der Waals surface area contributed by atoms with Gasteiger partial charge in [-0.15, -0.1) is 11.3 Å². The van der Waals surface area contributed by atoms with E-state index in [1.165, 1.54) is 12.3 Å². The van der Waals surface area contributed by atoms with Gasteiger partial charge in [0.2, 0.25) is 5.95 Å². The molecule has 7 heteroatoms. The van der Waals surface area contributed by atoms with Crippen LogP contribution in [-0.2, 0) is 6.54 Å². The smallest absolute Gasteiger partial charge is 0.354 e. The number of anilines is 1. The lowest BCUT2D eigenvalue weighted by atomic mass is 10.4. The molecule has 1 N–H and O–H groups in total. The number of hydrogen-bond donors (Lipinski definition) is 1. The van der Waals surface area contributed by atoms with Gasteiger partial charge in [-0.05, 0) is 13.0 Å². The van der Waals surface area contributed by atoms with Gasteiger partial charge in [0, 0.05) is 18.1 Å². The van der Waals surface area contributed by atoms with E-state index in [0.717, 1.165) is 10.6 Å². The monoisotopic (exact) mass is 264 g/mol. The van der Waals surface area contributed by atoms with E-state index >= 15 is 0 Å². The molecule has 0 aromatic carbocycles. The Morgan fingerprint density at radius 1 is 1.50 bits per heavy atom. The van der Waals surface area contributed by atoms with Gasteiger partial charge in [0.15, 0.2) is 5.69 Å². The van der Waals surface area contributed by atoms with Crippen LogP contribution in [0.3, 0.4) is 0 Å². The lowest BCUT2D eigenvalue weighted by molar-refractivity contribution is 0.0690. The van der Waals surface area contributed by atoms with Gasteiger partial charge in [-0.1, -0.05) is 0 Å². The maximum atomic E-state index is 10.8. The molecule has 0 unspecified atom stereocenters. The highest BCUT2D eigenvalue weighted by molar-refractivity contribution is 7.09. The number of carboxylic acids is 1. The quantitative estimate of drug-likeness (QED) is 0.903. The molecule has 0 aliphatic heterocycles. The van der Waals surface area contributed by atoms with E-state index in [1.807, 2.05) is 14.0 Å². The molecule has 0 aliphatic rings. The predicted octanol–water partition coefficient (Wildman–Crippen LogP) is 1.58. The number of hydrogen-bond acceptors (Lipinski definition) is 6. The number of aromatic nitrogens is 3. The molecular formula is C11H12N4O2S. The van der Waals surface area contributed by atoms with Crippen LogP contribution in [0, 0.1) is 6.92 Å². The summed E-state index contributed by atoms with van der Waals surface area (Å²) in [6.07, 6.45) is 1.45. The van der Waals surface area contributed by atoms with Crippen molar-refractivity contribution in [3.63, 3.8) is 0 Å². The largest absolute Gasteiger partial charge is 0.477 e. The van der Waals surface area contributed by atoms with Crippen molar-refractivity contribution in [3.05, 3.63) is 34.0 Å². The van der Waals surface area contributed by atoms with Crippen LogP contribution in [0.25, 0.3) is 0 Å². The van der Waals surface area contributed by atoms with Crippen LogP contribution in [0.15, 0.2) is 17.8 Å². The molecule has 18 heavy (non-hydrogen) atoms. The van der Waals surface area contributed by atoms with Crippen LogP contribution in [0.5, 0.6) is 0 Å². The zero-order valence-electron chi connectivity index (χ0n) is 9.99. The molecule has 0 saturated heterocycles. The third kappa shape index (κ3) is 2.62. The topological polar surface area (TPSA) is 79.2 Å². The summed E-state index contributed by atoms with van der Waals surface area (Å²) in [5.41, 5.74) is 2.75. The SMILES string of the molecule is Cc1ncsc1CN(C)c1nccc(C(=O)O)n1. The minimum absolute atomic E-state index is 0.00660. The van der Waals surface area contributed by atoms with Crippen molar-refractivity contribution in [3.8, 4) is 0 Å². The summed E-state index contributed by atoms with van der Waals surface area (Å²) in [6.45, 7) is 2.55. The molecule has 0 radical (unpaired) electrons. The van der Waals surface area contributed by atoms with Gasteiger partial charge in [-0.3, -0.25) is 0 Å². The highest BCUT2D eigenvalue weighted by Crippen LogP contribution is 2.16. The summed E-state index contributed by atoms with van der Waals surface area (Å²) in [4.78, 5) is 26.0. The Hall–Kier alpha value is -2.02. The predicted molar refractivity (Wildman–Crippen MR) is 67.9 cm³/mol. The first-order valence-electron chi connectivity index (χ1n) is 5.24. The molecule has 2 aromatic rings. The van der Waals surface area contributed by atoms with Gasteiger partial charge >= 0.3 is 5.97 Å². The third-order valence-corrected chi connectivity index (χ3v) is 3.35. The summed E-state index contributed by atoms with van der Waals surface area (Å²) in [5.74, 6) is -0.663. The number of rotatable bonds is 4. The van der Waals surface area contributed by atoms with Gasteiger partial charge in [0.25, 0.3) is 0 Å². The minimum atomic E-state index is -1.05. The van der Waals surface area contributed by atoms with E-state index in [2.05, 4.69) is 15.0 Å². The standard InChI is InChI=1S/C11H12N4O2S/c1-7-9(18-6-13-7)5-15(2)11-12-4-3-8(14-11)10(16)17/h3-4,6H,5H2,1-2H3,(H,16,17). The van der Waals surface area contributed by atoms with E-state index in [4.69, 9.17) is 5.11 Å². The van der Waals surface area contributed by atoms with Crippen LogP contribution in [-0.4, -0.2) is 33.1 Å². The minimum Gasteiger partial charge on any atom is -0.477 e. The molecule has 6 nitrogen and oxygen atoms in total. The maximum absolute atomic E-state index is 10.8. The van der Waals surface area contributed by atoms with Crippen molar-refractivity contribution in [1.29, 1.82) is 0 Å². The Labute approximate surface area is 108 Å². The van der Waals surface area contributed by atoms with E-state index in [0.29, 0.717) is 12.5 Å². The number of thiazole rings is 1. The van der Waals surface area contributed by atoms with E-state index < -0.39 is 5.97 Å². The molecule has 0 amide bonds. The maximum Gasteiger partial charge on any atom is 0.354 e. The fraction of sp³-hybridized carbons (Fsp3) is 0.273. The molecule has 0 bridgehead atoms. The molecule has 0 saturated carbocycles. The second kappa shape index (κ2) is 5.09. The van der Waals surface area contributed by atoms with Gasteiger partial charge in [-0.25, -0.2) is 19.7 Å². The van der Waals surface area contributed by atoms with Crippen molar-refractivity contribution in [2.45, 2.75) is 13.5 Å². The zero-order valence-corrected chi connectivity index (χ0v) is 10.8. The summed E-state index contributed by atoms with van der Waals surface area (Å²) in [7, 11) is 1.82. The third-order valence-electron chi connectivity index (χ3n) is 2.43. The molecule has 0 spiro atoms. The Morgan fingerprint density at radius 2 is 2.28 bits per heavy atom. The summed E-state index contributed by atoms with van der Waals surface area (Å²) < 4.78 is 0. The van der Waals surface area contributed by atoms with Gasteiger partial charge in [0.1, 0.15) is 0 Å². The first kappa shape index (κ1) is 12.4. The van der Waals surface area contributed by atoms with E-state index in [9.17, 15) is 4.79 Å². The Bertz CT molecular complexity index is 570. The normalized spacial score (nSPS) is 10.3. The highest BCUT2D eigenvalue weighted by atomic mass is 32.1. The number of carbonyl (C=O) groups is 1. The van der Waals surface area contributed by atoms with Crippen molar-refractivity contribution in [1.82, 2.24) is 15.0 Å². The number of carboxylic acid groups (broad SMARTS) is 1. The van der Waals surface area contributed by atoms with Crippen LogP contribution < -0.4 is 4.90 Å². The molecule has 2 aromatic heterocycles. The molecular weight excluding hydrogens is 252 g/mol. The van der Waals surface area contributed by atoms with Crippen molar-refractivity contribution < 1.29 is 9.90 Å². The summed E-state index contributed by atoms with van der Waals surface area (Å²) in [6, 6.07) is 1.37. The molecule has 0 fully saturated rings. The second-order valence-corrected chi connectivity index (χ2v) is 4.70. The fourth-order valence-corrected chi connectivity index (χ4v) is 2.25. The van der Waals surface area contributed by atoms with Crippen molar-refractivity contribution >= 4 is 23.3 Å². The van der Waals surface area contributed by atoms with Crippen LogP contribution in [0.1, 0.15) is 21.1 Å². The molecule has 2 heterocycles. The van der Waals surface area contributed by atoms with Crippen molar-refractivity contribution in [2.24, 2.45) is 0 Å². The average Bonchev–Trinajstić information content (AvgIpc) is 2.75. The summed E-state index contributed by atoms with van der Waals surface area (Å²) >= 11 is 1.56. The average molecular weight is 264 g/mol. The molecule has 2 rings (SSSR count). The van der Waals surface area contributed by atoms with Gasteiger partial charge < -0.3 is 10.0 Å². The number of nitrogens with zero attached hydrogens (tertiary/aromatic N) is 4. The van der Waals surface area contributed by atoms with Crippen LogP contribution >= 0.6 is 11.3 Å². The van der Waals surface area contributed by atoms with Gasteiger partial charge in [-0.2, -0.15) is 0 Å². The zero-order chi connectivity index (χ0) is 13.1. The van der Waals surface area contributed by atoms with Crippen LogP contribution in [0.2, 0.25) is 0 Å². The Balaban J connectivity index is 2.18. The first-order chi connectivity index (χ1) is 8.58. The summed E-state index contributed by atoms with van der Waals surface area (Å²) in [5, 5.41) is 8.88. The number of aromatic carboxylic acids is 1. The van der Waals surface area contributed by atoms with Crippen molar-refractivity contribution in [2.75, 3.05) is 11.9 Å². The fourth-order valence-electron chi connectivity index (χ4n) is 1.42. The Morgan fingerprint density at radius 3 is 2.89 bits per heavy atom. The van der Waals surface area contributed by atoms with E-state index in [1.54, 1.807) is 21.7 Å². The molecule has 0 aliphatic carbocycles. The number of aryl methyl sites for hydroxylation is 1. The lowest BCUT2D eigenvalue weighted by Gasteiger charge is -2.16. The molecule has 0 atom stereocenters. The van der Waals surface area contributed by atoms with E-state index in [-0.39, 0.29) is 5.69 Å².